The van der Waals surface area contributed by atoms with Gasteiger partial charge < -0.3 is 14.2 Å². The lowest BCUT2D eigenvalue weighted by atomic mass is 10.0. The van der Waals surface area contributed by atoms with Crippen molar-refractivity contribution < 1.29 is 23.8 Å². The van der Waals surface area contributed by atoms with E-state index >= 15 is 0 Å². The van der Waals surface area contributed by atoms with Crippen LogP contribution in [0.2, 0.25) is 0 Å². The Kier molecular flexibility index (Phi) is 5.58. The van der Waals surface area contributed by atoms with Crippen LogP contribution in [-0.2, 0) is 4.74 Å². The second kappa shape index (κ2) is 7.64. The summed E-state index contributed by atoms with van der Waals surface area (Å²) in [6, 6.07) is 10.2. The Morgan fingerprint density at radius 2 is 1.54 bits per heavy atom. The van der Waals surface area contributed by atoms with Gasteiger partial charge in [0.25, 0.3) is 0 Å². The van der Waals surface area contributed by atoms with Gasteiger partial charge in [-0.3, -0.25) is 4.79 Å². The zero-order valence-electron chi connectivity index (χ0n) is 14.2. The number of aryl methyl sites for hydroxylation is 2. The van der Waals surface area contributed by atoms with Crippen molar-refractivity contribution in [1.82, 2.24) is 0 Å². The molecule has 0 saturated heterocycles. The number of carbonyl (C=O) groups excluding carboxylic acids is 2. The molecule has 0 fully saturated rings. The molecule has 5 nitrogen and oxygen atoms in total. The highest BCUT2D eigenvalue weighted by atomic mass is 16.5. The number of ether oxygens (including phenoxy) is 3. The molecular weight excluding hydrogens is 308 g/mol. The lowest BCUT2D eigenvalue weighted by Crippen LogP contribution is -2.15. The zero-order valence-corrected chi connectivity index (χ0v) is 14.2. The Morgan fingerprint density at radius 1 is 0.917 bits per heavy atom. The highest BCUT2D eigenvalue weighted by Crippen LogP contribution is 2.23. The van der Waals surface area contributed by atoms with Gasteiger partial charge in [0.2, 0.25) is 5.78 Å². The number of hydrogen-bond acceptors (Lipinski definition) is 5. The van der Waals surface area contributed by atoms with Gasteiger partial charge in [0, 0.05) is 11.6 Å². The molecule has 0 radical (unpaired) electrons. The number of esters is 1. The zero-order chi connectivity index (χ0) is 17.7. The molecule has 0 bridgehead atoms. The maximum atomic E-state index is 12.2. The van der Waals surface area contributed by atoms with E-state index in [9.17, 15) is 9.59 Å². The van der Waals surface area contributed by atoms with Crippen molar-refractivity contribution in [3.8, 4) is 11.5 Å². The standard InChI is InChI=1S/C19H20O5/c1-12-5-6-17(13(2)7-12)18(20)11-24-19(21)14-8-15(22-3)10-16(9-14)23-4/h5-10H,11H2,1-4H3. The maximum absolute atomic E-state index is 12.2. The van der Waals surface area contributed by atoms with Gasteiger partial charge in [-0.05, 0) is 31.5 Å². The van der Waals surface area contributed by atoms with Crippen LogP contribution in [0.25, 0.3) is 0 Å². The normalized spacial score (nSPS) is 10.2. The molecule has 0 aliphatic heterocycles. The van der Waals surface area contributed by atoms with Gasteiger partial charge in [-0.25, -0.2) is 4.79 Å². The molecule has 2 aromatic carbocycles. The Labute approximate surface area is 141 Å². The van der Waals surface area contributed by atoms with E-state index in [1.54, 1.807) is 12.1 Å². The van der Waals surface area contributed by atoms with Crippen molar-refractivity contribution in [3.05, 3.63) is 58.7 Å². The quantitative estimate of drug-likeness (QED) is 0.601. The molecule has 0 amide bonds. The monoisotopic (exact) mass is 328 g/mol. The van der Waals surface area contributed by atoms with Crippen molar-refractivity contribution in [2.75, 3.05) is 20.8 Å². The van der Waals surface area contributed by atoms with Gasteiger partial charge in [0.15, 0.2) is 6.61 Å². The van der Waals surface area contributed by atoms with Crippen LogP contribution in [0.4, 0.5) is 0 Å². The van der Waals surface area contributed by atoms with Gasteiger partial charge in [-0.1, -0.05) is 23.8 Å². The first-order valence-corrected chi connectivity index (χ1v) is 7.45. The fraction of sp³-hybridized carbons (Fsp3) is 0.263. The highest BCUT2D eigenvalue weighted by Gasteiger charge is 2.15. The van der Waals surface area contributed by atoms with E-state index in [0.717, 1.165) is 11.1 Å². The molecule has 126 valence electrons. The molecule has 24 heavy (non-hydrogen) atoms. The average molecular weight is 328 g/mol. The molecule has 5 heteroatoms. The minimum atomic E-state index is -0.606. The summed E-state index contributed by atoms with van der Waals surface area (Å²) < 4.78 is 15.4. The number of ketones is 1. The summed E-state index contributed by atoms with van der Waals surface area (Å²) in [5.41, 5.74) is 2.75. The molecule has 0 aliphatic rings. The third-order valence-electron chi connectivity index (χ3n) is 3.60. The molecule has 0 heterocycles. The third kappa shape index (κ3) is 4.13. The van der Waals surface area contributed by atoms with E-state index in [1.165, 1.54) is 26.4 Å². The number of rotatable bonds is 6. The molecule has 0 aromatic heterocycles. The minimum Gasteiger partial charge on any atom is -0.497 e. The molecule has 0 N–H and O–H groups in total. The number of methoxy groups -OCH3 is 2. The predicted molar refractivity (Wildman–Crippen MR) is 90.1 cm³/mol. The minimum absolute atomic E-state index is 0.240. The van der Waals surface area contributed by atoms with Crippen LogP contribution >= 0.6 is 0 Å². The summed E-state index contributed by atoms with van der Waals surface area (Å²) in [4.78, 5) is 24.4. The Balaban J connectivity index is 2.08. The third-order valence-corrected chi connectivity index (χ3v) is 3.60. The second-order valence-electron chi connectivity index (χ2n) is 5.42. The Morgan fingerprint density at radius 3 is 2.08 bits per heavy atom. The first-order chi connectivity index (χ1) is 11.4. The summed E-state index contributed by atoms with van der Waals surface area (Å²) in [5.74, 6) is 0.102. The van der Waals surface area contributed by atoms with Gasteiger partial charge in [-0.2, -0.15) is 0 Å². The van der Waals surface area contributed by atoms with Crippen molar-refractivity contribution in [3.63, 3.8) is 0 Å². The topological polar surface area (TPSA) is 61.8 Å². The maximum Gasteiger partial charge on any atom is 0.338 e. The number of benzene rings is 2. The number of carbonyl (C=O) groups is 2. The van der Waals surface area contributed by atoms with E-state index in [1.807, 2.05) is 26.0 Å². The van der Waals surface area contributed by atoms with Gasteiger partial charge in [0.05, 0.1) is 19.8 Å². The van der Waals surface area contributed by atoms with Gasteiger partial charge in [0.1, 0.15) is 11.5 Å². The fourth-order valence-corrected chi connectivity index (χ4v) is 2.34. The SMILES string of the molecule is COc1cc(OC)cc(C(=O)OCC(=O)c2ccc(C)cc2C)c1. The van der Waals surface area contributed by atoms with Crippen LogP contribution < -0.4 is 9.47 Å². The molecule has 0 aliphatic carbocycles. The smallest absolute Gasteiger partial charge is 0.338 e. The summed E-state index contributed by atoms with van der Waals surface area (Å²) >= 11 is 0. The van der Waals surface area contributed by atoms with Crippen LogP contribution in [-0.4, -0.2) is 32.6 Å². The Bertz CT molecular complexity index is 742. The number of hydrogen-bond donors (Lipinski definition) is 0. The molecule has 0 unspecified atom stereocenters. The predicted octanol–water partition coefficient (Wildman–Crippen LogP) is 3.36. The van der Waals surface area contributed by atoms with Crippen LogP contribution in [0, 0.1) is 13.8 Å². The molecule has 2 aromatic rings. The highest BCUT2D eigenvalue weighted by molar-refractivity contribution is 6.00. The lowest BCUT2D eigenvalue weighted by Gasteiger charge is -2.09. The van der Waals surface area contributed by atoms with Crippen LogP contribution in [0.1, 0.15) is 31.8 Å². The van der Waals surface area contributed by atoms with E-state index in [-0.39, 0.29) is 18.0 Å². The molecule has 0 atom stereocenters. The molecule has 2 rings (SSSR count). The summed E-state index contributed by atoms with van der Waals surface area (Å²) in [5, 5.41) is 0. The summed E-state index contributed by atoms with van der Waals surface area (Å²) in [6.45, 7) is 3.49. The first kappa shape index (κ1) is 17.5. The summed E-state index contributed by atoms with van der Waals surface area (Å²) in [7, 11) is 2.99. The van der Waals surface area contributed by atoms with E-state index in [4.69, 9.17) is 14.2 Å². The Hall–Kier alpha value is -2.82. The fourth-order valence-electron chi connectivity index (χ4n) is 2.34. The van der Waals surface area contributed by atoms with E-state index in [2.05, 4.69) is 0 Å². The average Bonchev–Trinajstić information content (AvgIpc) is 2.58. The molecule has 0 saturated carbocycles. The molecule has 0 spiro atoms. The van der Waals surface area contributed by atoms with Crippen LogP contribution in [0.5, 0.6) is 11.5 Å². The van der Waals surface area contributed by atoms with Gasteiger partial charge >= 0.3 is 5.97 Å². The first-order valence-electron chi connectivity index (χ1n) is 7.45. The summed E-state index contributed by atoms with van der Waals surface area (Å²) in [6.07, 6.45) is 0. The van der Waals surface area contributed by atoms with Gasteiger partial charge in [-0.15, -0.1) is 0 Å². The van der Waals surface area contributed by atoms with E-state index in [0.29, 0.717) is 17.1 Å². The van der Waals surface area contributed by atoms with Crippen LogP contribution in [0.3, 0.4) is 0 Å². The van der Waals surface area contributed by atoms with Crippen molar-refractivity contribution >= 4 is 11.8 Å². The largest absolute Gasteiger partial charge is 0.497 e. The van der Waals surface area contributed by atoms with Crippen molar-refractivity contribution in [1.29, 1.82) is 0 Å². The van der Waals surface area contributed by atoms with E-state index < -0.39 is 5.97 Å². The van der Waals surface area contributed by atoms with Crippen LogP contribution in [0.15, 0.2) is 36.4 Å². The number of Topliss-reactive ketones (excluding diaryl/α,β-unsaturated/α-hetero) is 1. The van der Waals surface area contributed by atoms with Crippen molar-refractivity contribution in [2.45, 2.75) is 13.8 Å². The lowest BCUT2D eigenvalue weighted by molar-refractivity contribution is 0.0474. The second-order valence-corrected chi connectivity index (χ2v) is 5.42. The molecular formula is C19H20O5. The van der Waals surface area contributed by atoms with Crippen molar-refractivity contribution in [2.24, 2.45) is 0 Å².